The number of guanidine groups is 1. The van der Waals surface area contributed by atoms with E-state index in [1.807, 2.05) is 42.5 Å². The number of rotatable bonds is 7. The number of halogens is 1. The second-order valence-corrected chi connectivity index (χ2v) is 6.43. The second kappa shape index (κ2) is 12.2. The average Bonchev–Trinajstić information content (AvgIpc) is 2.70. The van der Waals surface area contributed by atoms with E-state index in [1.165, 1.54) is 0 Å². The molecular weight excluding hydrogens is 467 g/mol. The minimum atomic E-state index is -0.0127. The smallest absolute Gasteiger partial charge is 0.241 e. The van der Waals surface area contributed by atoms with Crippen LogP contribution in [0, 0.1) is 0 Å². The molecule has 0 bridgehead atoms. The topological polar surface area (TPSA) is 66.0 Å². The number of aliphatic imine (C=N–C) groups is 1. The Hall–Kier alpha value is -2.29. The van der Waals surface area contributed by atoms with Crippen LogP contribution in [0.1, 0.15) is 24.1 Å². The molecule has 2 aromatic rings. The van der Waals surface area contributed by atoms with E-state index in [0.717, 1.165) is 16.9 Å². The molecule has 1 unspecified atom stereocenters. The summed E-state index contributed by atoms with van der Waals surface area (Å²) >= 11 is 0. The molecule has 152 valence electrons. The van der Waals surface area contributed by atoms with Gasteiger partial charge in [-0.2, -0.15) is 0 Å². The lowest BCUT2D eigenvalue weighted by molar-refractivity contribution is -0.127. The Bertz CT molecular complexity index is 749. The summed E-state index contributed by atoms with van der Waals surface area (Å²) in [6.45, 7) is 2.74. The van der Waals surface area contributed by atoms with Gasteiger partial charge in [0.15, 0.2) is 5.96 Å². The highest BCUT2D eigenvalue weighted by Crippen LogP contribution is 2.13. The van der Waals surface area contributed by atoms with Crippen molar-refractivity contribution >= 4 is 35.8 Å². The van der Waals surface area contributed by atoms with Crippen molar-refractivity contribution in [1.29, 1.82) is 0 Å². The van der Waals surface area contributed by atoms with Gasteiger partial charge in [-0.1, -0.05) is 42.5 Å². The molecule has 0 saturated heterocycles. The lowest BCUT2D eigenvalue weighted by Gasteiger charge is -2.19. The van der Waals surface area contributed by atoms with E-state index in [1.54, 1.807) is 26.1 Å². The predicted molar refractivity (Wildman–Crippen MR) is 124 cm³/mol. The van der Waals surface area contributed by atoms with Crippen LogP contribution < -0.4 is 15.4 Å². The number of hydrogen-bond donors (Lipinski definition) is 2. The zero-order valence-electron chi connectivity index (χ0n) is 16.8. The van der Waals surface area contributed by atoms with Crippen LogP contribution >= 0.6 is 24.0 Å². The first kappa shape index (κ1) is 23.7. The monoisotopic (exact) mass is 496 g/mol. The van der Waals surface area contributed by atoms with Crippen molar-refractivity contribution in [2.45, 2.75) is 19.5 Å². The van der Waals surface area contributed by atoms with Gasteiger partial charge in [0.05, 0.1) is 26.2 Å². The molecule has 0 aliphatic heterocycles. The third-order valence-electron chi connectivity index (χ3n) is 4.14. The van der Waals surface area contributed by atoms with E-state index in [4.69, 9.17) is 4.74 Å². The molecule has 1 atom stereocenters. The molecule has 0 aromatic heterocycles. The summed E-state index contributed by atoms with van der Waals surface area (Å²) in [5, 5.41) is 6.48. The first-order valence-corrected chi connectivity index (χ1v) is 8.92. The summed E-state index contributed by atoms with van der Waals surface area (Å²) in [4.78, 5) is 18.1. The van der Waals surface area contributed by atoms with Crippen LogP contribution in [0.15, 0.2) is 59.6 Å². The number of amides is 1. The lowest BCUT2D eigenvalue weighted by Crippen LogP contribution is -2.43. The quantitative estimate of drug-likeness (QED) is 0.351. The lowest BCUT2D eigenvalue weighted by atomic mass is 10.1. The van der Waals surface area contributed by atoms with E-state index in [2.05, 4.69) is 34.7 Å². The van der Waals surface area contributed by atoms with Gasteiger partial charge in [0, 0.05) is 14.1 Å². The van der Waals surface area contributed by atoms with Crippen molar-refractivity contribution < 1.29 is 9.53 Å². The van der Waals surface area contributed by atoms with E-state index in [0.29, 0.717) is 12.5 Å². The van der Waals surface area contributed by atoms with Gasteiger partial charge >= 0.3 is 0 Å². The molecule has 6 nitrogen and oxygen atoms in total. The van der Waals surface area contributed by atoms with Crippen molar-refractivity contribution in [3.8, 4) is 5.75 Å². The Kier molecular flexibility index (Phi) is 10.4. The van der Waals surface area contributed by atoms with Gasteiger partial charge in [0.25, 0.3) is 0 Å². The minimum absolute atomic E-state index is 0. The number of ether oxygens (including phenoxy) is 1. The zero-order chi connectivity index (χ0) is 19.6. The Balaban J connectivity index is 0.00000392. The maximum Gasteiger partial charge on any atom is 0.241 e. The van der Waals surface area contributed by atoms with Crippen molar-refractivity contribution in [2.24, 2.45) is 4.99 Å². The molecule has 0 saturated carbocycles. The fraction of sp³-hybridized carbons (Fsp3) is 0.333. The summed E-state index contributed by atoms with van der Waals surface area (Å²) in [6, 6.07) is 18.0. The predicted octanol–water partition coefficient (Wildman–Crippen LogP) is 3.20. The molecule has 2 N–H and O–H groups in total. The van der Waals surface area contributed by atoms with E-state index >= 15 is 0 Å². The number of likely N-dealkylation sites (N-methyl/N-ethyl adjacent to an activating group) is 1. The fourth-order valence-electron chi connectivity index (χ4n) is 2.40. The van der Waals surface area contributed by atoms with Gasteiger partial charge in [-0.3, -0.25) is 4.79 Å². The van der Waals surface area contributed by atoms with Crippen LogP contribution in [0.5, 0.6) is 5.75 Å². The number of carbonyl (C=O) groups excluding carboxylic acids is 1. The van der Waals surface area contributed by atoms with Crippen molar-refractivity contribution in [3.63, 3.8) is 0 Å². The first-order chi connectivity index (χ1) is 13.0. The normalized spacial score (nSPS) is 11.8. The molecule has 1 amide bonds. The summed E-state index contributed by atoms with van der Waals surface area (Å²) in [7, 11) is 5.11. The van der Waals surface area contributed by atoms with Crippen LogP contribution in [0.3, 0.4) is 0 Å². The molecular formula is C21H29IN4O2. The third kappa shape index (κ3) is 7.75. The molecule has 0 radical (unpaired) electrons. The summed E-state index contributed by atoms with van der Waals surface area (Å²) in [5.74, 6) is 1.40. The summed E-state index contributed by atoms with van der Waals surface area (Å²) < 4.78 is 5.18. The third-order valence-corrected chi connectivity index (χ3v) is 4.14. The standard InChI is InChI=1S/C21H28N4O2.HI/c1-16(18-8-6-5-7-9-18)24-21(23-15-20(26)25(2)3)22-14-17-10-12-19(27-4)13-11-17;/h5-13,16H,14-15H2,1-4H3,(H2,22,23,24);1H. The highest BCUT2D eigenvalue weighted by Gasteiger charge is 2.10. The maximum absolute atomic E-state index is 11.9. The van der Waals surface area contributed by atoms with Crippen molar-refractivity contribution in [3.05, 3.63) is 65.7 Å². The Morgan fingerprint density at radius 2 is 1.75 bits per heavy atom. The average molecular weight is 496 g/mol. The number of nitrogens with one attached hydrogen (secondary N) is 2. The number of nitrogens with zero attached hydrogens (tertiary/aromatic N) is 2. The molecule has 0 aliphatic rings. The molecule has 2 rings (SSSR count). The van der Waals surface area contributed by atoms with E-state index in [-0.39, 0.29) is 42.5 Å². The number of carbonyl (C=O) groups is 1. The number of hydrogen-bond acceptors (Lipinski definition) is 3. The summed E-state index contributed by atoms with van der Waals surface area (Å²) in [5.41, 5.74) is 2.21. The highest BCUT2D eigenvalue weighted by molar-refractivity contribution is 14.0. The van der Waals surface area contributed by atoms with Crippen LogP contribution in [-0.4, -0.2) is 44.5 Å². The van der Waals surface area contributed by atoms with Crippen molar-refractivity contribution in [1.82, 2.24) is 15.5 Å². The van der Waals surface area contributed by atoms with Crippen LogP contribution in [0.2, 0.25) is 0 Å². The fourth-order valence-corrected chi connectivity index (χ4v) is 2.40. The molecule has 0 spiro atoms. The molecule has 7 heteroatoms. The molecule has 28 heavy (non-hydrogen) atoms. The largest absolute Gasteiger partial charge is 0.497 e. The molecule has 2 aromatic carbocycles. The van der Waals surface area contributed by atoms with Crippen LogP contribution in [0.25, 0.3) is 0 Å². The zero-order valence-corrected chi connectivity index (χ0v) is 19.1. The Morgan fingerprint density at radius 1 is 1.11 bits per heavy atom. The molecule has 0 fully saturated rings. The van der Waals surface area contributed by atoms with Crippen molar-refractivity contribution in [2.75, 3.05) is 27.7 Å². The van der Waals surface area contributed by atoms with Gasteiger partial charge in [0.2, 0.25) is 5.91 Å². The van der Waals surface area contributed by atoms with Crippen LogP contribution in [0.4, 0.5) is 0 Å². The minimum Gasteiger partial charge on any atom is -0.497 e. The van der Waals surface area contributed by atoms with Gasteiger partial charge in [-0.25, -0.2) is 4.99 Å². The Labute approximate surface area is 184 Å². The van der Waals surface area contributed by atoms with Gasteiger partial charge in [-0.15, -0.1) is 24.0 Å². The van der Waals surface area contributed by atoms with Gasteiger partial charge < -0.3 is 20.3 Å². The maximum atomic E-state index is 11.9. The van der Waals surface area contributed by atoms with Gasteiger partial charge in [-0.05, 0) is 30.2 Å². The highest BCUT2D eigenvalue weighted by atomic mass is 127. The SMILES string of the molecule is COc1ccc(CN=C(NCC(=O)N(C)C)NC(C)c2ccccc2)cc1.I. The molecule has 0 heterocycles. The summed E-state index contributed by atoms with van der Waals surface area (Å²) in [6.07, 6.45) is 0. The first-order valence-electron chi connectivity index (χ1n) is 8.92. The van der Waals surface area contributed by atoms with Crippen LogP contribution in [-0.2, 0) is 11.3 Å². The number of methoxy groups -OCH3 is 1. The van der Waals surface area contributed by atoms with Gasteiger partial charge in [0.1, 0.15) is 5.75 Å². The number of benzene rings is 2. The Morgan fingerprint density at radius 3 is 2.32 bits per heavy atom. The van der Waals surface area contributed by atoms with E-state index < -0.39 is 0 Å². The second-order valence-electron chi connectivity index (χ2n) is 6.43. The molecule has 0 aliphatic carbocycles. The van der Waals surface area contributed by atoms with E-state index in [9.17, 15) is 4.79 Å².